The quantitative estimate of drug-likeness (QED) is 0.386. The highest BCUT2D eigenvalue weighted by atomic mass is 16.5. The summed E-state index contributed by atoms with van der Waals surface area (Å²) in [7, 11) is 0. The fraction of sp³-hybridized carbons (Fsp3) is 0.185. The summed E-state index contributed by atoms with van der Waals surface area (Å²) in [6, 6.07) is 26.9. The molecular weight excluding hydrogens is 442 g/mol. The lowest BCUT2D eigenvalue weighted by Gasteiger charge is -2.27. The highest BCUT2D eigenvalue weighted by Crippen LogP contribution is 2.35. The Morgan fingerprint density at radius 1 is 0.943 bits per heavy atom. The summed E-state index contributed by atoms with van der Waals surface area (Å²) in [5, 5.41) is 15.1. The number of nitrogens with one attached hydrogen (secondary N) is 1. The minimum Gasteiger partial charge on any atom is -0.493 e. The Hall–Kier alpha value is -4.46. The number of carbonyl (C=O) groups excluding carboxylic acids is 1. The van der Waals surface area contributed by atoms with Crippen LogP contribution in [0, 0.1) is 0 Å². The monoisotopic (exact) mass is 467 g/mol. The molecule has 0 amide bonds. The molecule has 5 rings (SSSR count). The van der Waals surface area contributed by atoms with E-state index in [1.54, 1.807) is 4.68 Å². The molecule has 4 aromatic rings. The first-order chi connectivity index (χ1) is 17.2. The van der Waals surface area contributed by atoms with Crippen LogP contribution in [0.2, 0.25) is 0 Å². The minimum absolute atomic E-state index is 0.180. The molecule has 0 saturated carbocycles. The molecule has 1 aliphatic rings. The molecule has 0 aliphatic carbocycles. The Morgan fingerprint density at radius 2 is 1.63 bits per heavy atom. The maximum atomic E-state index is 13.2. The lowest BCUT2D eigenvalue weighted by atomic mass is 9.95. The van der Waals surface area contributed by atoms with E-state index in [9.17, 15) is 4.79 Å². The first kappa shape index (κ1) is 22.3. The van der Waals surface area contributed by atoms with Gasteiger partial charge in [-0.3, -0.25) is 0 Å². The molecule has 0 fully saturated rings. The molecule has 1 aliphatic heterocycles. The standard InChI is InChI=1S/C27H25N5O3/c1-19-24(26(33)35-18-21-10-6-3-7-11-21)25(32-27(28-19)29-30-31-32)22-12-14-23(15-13-22)34-17-16-20-8-4-2-5-9-20/h2-15,25H,16-18H2,1H3,(H,28,29,31). The van der Waals surface area contributed by atoms with E-state index in [-0.39, 0.29) is 6.61 Å². The van der Waals surface area contributed by atoms with E-state index in [4.69, 9.17) is 9.47 Å². The topological polar surface area (TPSA) is 91.2 Å². The number of carbonyl (C=O) groups is 1. The van der Waals surface area contributed by atoms with E-state index in [0.717, 1.165) is 23.3 Å². The number of allylic oxidation sites excluding steroid dienone is 1. The number of hydrogen-bond donors (Lipinski definition) is 1. The molecule has 0 spiro atoms. The lowest BCUT2D eigenvalue weighted by Crippen LogP contribution is -2.29. The van der Waals surface area contributed by atoms with Gasteiger partial charge in [0.1, 0.15) is 18.4 Å². The number of fused-ring (bicyclic) bond motifs is 1. The zero-order valence-electron chi connectivity index (χ0n) is 19.3. The largest absolute Gasteiger partial charge is 0.493 e. The Balaban J connectivity index is 1.33. The number of anilines is 1. The van der Waals surface area contributed by atoms with Crippen molar-refractivity contribution in [1.29, 1.82) is 0 Å². The van der Waals surface area contributed by atoms with Crippen LogP contribution in [-0.4, -0.2) is 32.8 Å². The molecular formula is C27H25N5O3. The second-order valence-electron chi connectivity index (χ2n) is 8.23. The number of aromatic nitrogens is 4. The minimum atomic E-state index is -0.525. The van der Waals surface area contributed by atoms with E-state index in [2.05, 4.69) is 33.0 Å². The fourth-order valence-corrected chi connectivity index (χ4v) is 4.06. The molecule has 35 heavy (non-hydrogen) atoms. The summed E-state index contributed by atoms with van der Waals surface area (Å²) in [5.41, 5.74) is 4.10. The number of tetrazole rings is 1. The molecule has 0 radical (unpaired) electrons. The predicted octanol–water partition coefficient (Wildman–Crippen LogP) is 4.33. The Bertz CT molecular complexity index is 1320. The van der Waals surface area contributed by atoms with Gasteiger partial charge in [0.25, 0.3) is 0 Å². The maximum absolute atomic E-state index is 13.2. The summed E-state index contributed by atoms with van der Waals surface area (Å²) >= 11 is 0. The van der Waals surface area contributed by atoms with Gasteiger partial charge in [0.15, 0.2) is 0 Å². The van der Waals surface area contributed by atoms with Crippen LogP contribution in [0.3, 0.4) is 0 Å². The normalized spacial score (nSPS) is 14.7. The number of ether oxygens (including phenoxy) is 2. The van der Waals surface area contributed by atoms with Crippen LogP contribution < -0.4 is 10.1 Å². The van der Waals surface area contributed by atoms with Crippen molar-refractivity contribution in [2.45, 2.75) is 26.0 Å². The zero-order valence-corrected chi connectivity index (χ0v) is 19.3. The van der Waals surface area contributed by atoms with Crippen LogP contribution in [0.5, 0.6) is 5.75 Å². The third kappa shape index (κ3) is 5.06. The third-order valence-corrected chi connectivity index (χ3v) is 5.84. The van der Waals surface area contributed by atoms with Gasteiger partial charge in [-0.15, -0.1) is 0 Å². The van der Waals surface area contributed by atoms with Gasteiger partial charge in [-0.25, -0.2) is 4.79 Å². The summed E-state index contributed by atoms with van der Waals surface area (Å²) in [6.45, 7) is 2.58. The average Bonchev–Trinajstić information content (AvgIpc) is 3.36. The molecule has 1 N–H and O–H groups in total. The summed E-state index contributed by atoms with van der Waals surface area (Å²) in [6.07, 6.45) is 0.824. The number of hydrogen-bond acceptors (Lipinski definition) is 7. The summed E-state index contributed by atoms with van der Waals surface area (Å²) in [5.74, 6) is 0.799. The smallest absolute Gasteiger partial charge is 0.338 e. The Morgan fingerprint density at radius 3 is 2.34 bits per heavy atom. The van der Waals surface area contributed by atoms with Gasteiger partial charge in [-0.2, -0.15) is 4.68 Å². The number of nitrogens with zero attached hydrogens (tertiary/aromatic N) is 4. The zero-order chi connectivity index (χ0) is 24.0. The molecule has 1 aromatic heterocycles. The molecule has 1 unspecified atom stereocenters. The third-order valence-electron chi connectivity index (χ3n) is 5.84. The number of rotatable bonds is 8. The van der Waals surface area contributed by atoms with Gasteiger partial charge in [-0.05, 0) is 46.2 Å². The van der Waals surface area contributed by atoms with E-state index in [0.29, 0.717) is 23.8 Å². The molecule has 2 heterocycles. The first-order valence-corrected chi connectivity index (χ1v) is 11.4. The first-order valence-electron chi connectivity index (χ1n) is 11.4. The van der Waals surface area contributed by atoms with Crippen molar-refractivity contribution in [2.24, 2.45) is 0 Å². The highest BCUT2D eigenvalue weighted by molar-refractivity contribution is 5.92. The molecule has 176 valence electrons. The summed E-state index contributed by atoms with van der Waals surface area (Å²) < 4.78 is 13.2. The molecule has 3 aromatic carbocycles. The van der Waals surface area contributed by atoms with Crippen molar-refractivity contribution in [2.75, 3.05) is 11.9 Å². The van der Waals surface area contributed by atoms with Crippen molar-refractivity contribution >= 4 is 11.9 Å². The molecule has 0 saturated heterocycles. The fourth-order valence-electron chi connectivity index (χ4n) is 4.06. The van der Waals surface area contributed by atoms with E-state index >= 15 is 0 Å². The Kier molecular flexibility index (Phi) is 6.52. The van der Waals surface area contributed by atoms with Crippen molar-refractivity contribution < 1.29 is 14.3 Å². The predicted molar refractivity (Wildman–Crippen MR) is 131 cm³/mol. The van der Waals surface area contributed by atoms with Crippen molar-refractivity contribution in [1.82, 2.24) is 20.2 Å². The van der Waals surface area contributed by atoms with Crippen molar-refractivity contribution in [3.63, 3.8) is 0 Å². The van der Waals surface area contributed by atoms with E-state index in [1.807, 2.05) is 79.7 Å². The number of benzene rings is 3. The molecule has 1 atom stereocenters. The highest BCUT2D eigenvalue weighted by Gasteiger charge is 2.35. The van der Waals surface area contributed by atoms with E-state index in [1.165, 1.54) is 5.56 Å². The SMILES string of the molecule is CC1=C(C(=O)OCc2ccccc2)C(c2ccc(OCCc3ccccc3)cc2)n2nnnc2N1. The van der Waals surface area contributed by atoms with Crippen LogP contribution in [0.15, 0.2) is 96.2 Å². The molecule has 8 heteroatoms. The van der Waals surface area contributed by atoms with Gasteiger partial charge in [-0.1, -0.05) is 77.9 Å². The Labute approximate surface area is 203 Å². The second kappa shape index (κ2) is 10.2. The van der Waals surface area contributed by atoms with Crippen LogP contribution in [0.4, 0.5) is 5.95 Å². The van der Waals surface area contributed by atoms with Gasteiger partial charge >= 0.3 is 5.97 Å². The van der Waals surface area contributed by atoms with Crippen LogP contribution in [-0.2, 0) is 22.6 Å². The lowest BCUT2D eigenvalue weighted by molar-refractivity contribution is -0.140. The van der Waals surface area contributed by atoms with Gasteiger partial charge in [0.05, 0.1) is 12.2 Å². The van der Waals surface area contributed by atoms with Gasteiger partial charge in [0.2, 0.25) is 5.95 Å². The van der Waals surface area contributed by atoms with Crippen LogP contribution in [0.25, 0.3) is 0 Å². The van der Waals surface area contributed by atoms with Gasteiger partial charge in [0, 0.05) is 12.1 Å². The van der Waals surface area contributed by atoms with Crippen LogP contribution >= 0.6 is 0 Å². The second-order valence-corrected chi connectivity index (χ2v) is 8.23. The average molecular weight is 468 g/mol. The van der Waals surface area contributed by atoms with Crippen molar-refractivity contribution in [3.8, 4) is 5.75 Å². The molecule has 0 bridgehead atoms. The van der Waals surface area contributed by atoms with E-state index < -0.39 is 12.0 Å². The summed E-state index contributed by atoms with van der Waals surface area (Å²) in [4.78, 5) is 13.2. The van der Waals surface area contributed by atoms with Gasteiger partial charge < -0.3 is 14.8 Å². The molecule has 8 nitrogen and oxygen atoms in total. The van der Waals surface area contributed by atoms with Crippen molar-refractivity contribution in [3.05, 3.63) is 113 Å². The van der Waals surface area contributed by atoms with Crippen LogP contribution in [0.1, 0.15) is 29.7 Å². The maximum Gasteiger partial charge on any atom is 0.338 e. The number of esters is 1.